The van der Waals surface area contributed by atoms with Gasteiger partial charge in [0.05, 0.1) is 19.8 Å². The number of fused-ring (bicyclic) bond motifs is 1. The number of nitrogens with one attached hydrogen (secondary N) is 1. The minimum Gasteiger partial charge on any atom is -0.465 e. The van der Waals surface area contributed by atoms with E-state index in [1.54, 1.807) is 18.2 Å². The second-order valence-electron chi connectivity index (χ2n) is 3.66. The SMILES string of the molecule is COC(=O)c1ccc2[nH]c(N)c(C(=O)OC)c2c1. The van der Waals surface area contributed by atoms with E-state index in [0.717, 1.165) is 0 Å². The molecule has 94 valence electrons. The topological polar surface area (TPSA) is 94.4 Å². The van der Waals surface area contributed by atoms with Crippen LogP contribution in [-0.4, -0.2) is 31.1 Å². The Balaban J connectivity index is 2.67. The van der Waals surface area contributed by atoms with Gasteiger partial charge in [0.2, 0.25) is 0 Å². The fraction of sp³-hybridized carbons (Fsp3) is 0.167. The summed E-state index contributed by atoms with van der Waals surface area (Å²) in [5.41, 5.74) is 6.93. The van der Waals surface area contributed by atoms with Gasteiger partial charge in [-0.3, -0.25) is 0 Å². The van der Waals surface area contributed by atoms with E-state index in [1.807, 2.05) is 0 Å². The van der Waals surface area contributed by atoms with Crippen molar-refractivity contribution in [2.75, 3.05) is 20.0 Å². The Morgan fingerprint density at radius 2 is 1.83 bits per heavy atom. The predicted octanol–water partition coefficient (Wildman–Crippen LogP) is 1.32. The zero-order valence-corrected chi connectivity index (χ0v) is 9.94. The van der Waals surface area contributed by atoms with Crippen LogP contribution in [-0.2, 0) is 9.47 Å². The van der Waals surface area contributed by atoms with Crippen molar-refractivity contribution in [3.05, 3.63) is 29.3 Å². The van der Waals surface area contributed by atoms with Crippen LogP contribution >= 0.6 is 0 Å². The third kappa shape index (κ3) is 1.77. The maximum atomic E-state index is 11.6. The van der Waals surface area contributed by atoms with E-state index in [1.165, 1.54) is 14.2 Å². The van der Waals surface area contributed by atoms with E-state index in [0.29, 0.717) is 16.5 Å². The molecule has 0 bridgehead atoms. The second kappa shape index (κ2) is 4.40. The molecule has 3 N–H and O–H groups in total. The molecule has 18 heavy (non-hydrogen) atoms. The first-order valence-electron chi connectivity index (χ1n) is 5.16. The number of hydrogen-bond acceptors (Lipinski definition) is 5. The number of anilines is 1. The first-order valence-corrected chi connectivity index (χ1v) is 5.16. The van der Waals surface area contributed by atoms with Crippen LogP contribution in [0.3, 0.4) is 0 Å². The van der Waals surface area contributed by atoms with Gasteiger partial charge < -0.3 is 20.2 Å². The maximum absolute atomic E-state index is 11.6. The minimum absolute atomic E-state index is 0.207. The van der Waals surface area contributed by atoms with Gasteiger partial charge in [-0.2, -0.15) is 0 Å². The molecular formula is C12H12N2O4. The van der Waals surface area contributed by atoms with Crippen LogP contribution in [0.15, 0.2) is 18.2 Å². The molecule has 6 heteroatoms. The summed E-state index contributed by atoms with van der Waals surface area (Å²) in [6.45, 7) is 0. The maximum Gasteiger partial charge on any atom is 0.342 e. The lowest BCUT2D eigenvalue weighted by Gasteiger charge is -2.01. The van der Waals surface area contributed by atoms with Crippen LogP contribution in [0.25, 0.3) is 10.9 Å². The van der Waals surface area contributed by atoms with Crippen molar-refractivity contribution in [1.82, 2.24) is 4.98 Å². The molecule has 1 heterocycles. The van der Waals surface area contributed by atoms with Crippen molar-refractivity contribution in [3.8, 4) is 0 Å². The summed E-state index contributed by atoms with van der Waals surface area (Å²) in [4.78, 5) is 25.9. The van der Waals surface area contributed by atoms with Gasteiger partial charge in [0.15, 0.2) is 0 Å². The van der Waals surface area contributed by atoms with E-state index in [4.69, 9.17) is 5.73 Å². The Bertz CT molecular complexity index is 630. The lowest BCUT2D eigenvalue weighted by Crippen LogP contribution is -2.04. The Hall–Kier alpha value is -2.50. The summed E-state index contributed by atoms with van der Waals surface area (Å²) in [6.07, 6.45) is 0. The average molecular weight is 248 g/mol. The summed E-state index contributed by atoms with van der Waals surface area (Å²) in [5.74, 6) is -0.827. The van der Waals surface area contributed by atoms with Gasteiger partial charge in [-0.05, 0) is 18.2 Å². The van der Waals surface area contributed by atoms with Crippen LogP contribution < -0.4 is 5.73 Å². The molecule has 0 amide bonds. The van der Waals surface area contributed by atoms with Crippen LogP contribution in [0.4, 0.5) is 5.82 Å². The summed E-state index contributed by atoms with van der Waals surface area (Å²) in [6, 6.07) is 4.79. The quantitative estimate of drug-likeness (QED) is 0.781. The fourth-order valence-corrected chi connectivity index (χ4v) is 1.78. The first kappa shape index (κ1) is 12.0. The van der Waals surface area contributed by atoms with Gasteiger partial charge in [0.1, 0.15) is 11.4 Å². The molecule has 0 aliphatic carbocycles. The number of esters is 2. The number of nitrogens with two attached hydrogens (primary N) is 1. The van der Waals surface area contributed by atoms with E-state index < -0.39 is 11.9 Å². The standard InChI is InChI=1S/C12H12N2O4/c1-17-11(15)6-3-4-8-7(5-6)9(10(13)14-8)12(16)18-2/h3-5,14H,13H2,1-2H3. The number of ether oxygens (including phenoxy) is 2. The molecule has 2 aromatic rings. The Morgan fingerprint density at radius 1 is 1.17 bits per heavy atom. The molecule has 0 radical (unpaired) electrons. The number of aromatic nitrogens is 1. The number of benzene rings is 1. The number of nitrogen functional groups attached to an aromatic ring is 1. The summed E-state index contributed by atoms with van der Waals surface area (Å²) >= 11 is 0. The molecule has 0 saturated heterocycles. The number of aromatic amines is 1. The van der Waals surface area contributed by atoms with Crippen molar-refractivity contribution in [3.63, 3.8) is 0 Å². The molecule has 0 aliphatic heterocycles. The van der Waals surface area contributed by atoms with Crippen molar-refractivity contribution >= 4 is 28.7 Å². The lowest BCUT2D eigenvalue weighted by molar-refractivity contribution is 0.0591. The van der Waals surface area contributed by atoms with E-state index >= 15 is 0 Å². The molecule has 6 nitrogen and oxygen atoms in total. The molecule has 0 unspecified atom stereocenters. The third-order valence-corrected chi connectivity index (χ3v) is 2.64. The van der Waals surface area contributed by atoms with E-state index in [2.05, 4.69) is 14.5 Å². The zero-order chi connectivity index (χ0) is 13.3. The highest BCUT2D eigenvalue weighted by molar-refractivity contribution is 6.10. The fourth-order valence-electron chi connectivity index (χ4n) is 1.78. The predicted molar refractivity (Wildman–Crippen MR) is 65.4 cm³/mol. The van der Waals surface area contributed by atoms with Crippen molar-refractivity contribution in [2.24, 2.45) is 0 Å². The highest BCUT2D eigenvalue weighted by atomic mass is 16.5. The smallest absolute Gasteiger partial charge is 0.342 e. The highest BCUT2D eigenvalue weighted by Crippen LogP contribution is 2.26. The number of carbonyl (C=O) groups is 2. The van der Waals surface area contributed by atoms with Crippen LogP contribution in [0.2, 0.25) is 0 Å². The van der Waals surface area contributed by atoms with Gasteiger partial charge in [-0.1, -0.05) is 0 Å². The first-order chi connectivity index (χ1) is 8.58. The third-order valence-electron chi connectivity index (χ3n) is 2.64. The number of hydrogen-bond donors (Lipinski definition) is 2. The molecule has 0 fully saturated rings. The average Bonchev–Trinajstić information content (AvgIpc) is 2.71. The zero-order valence-electron chi connectivity index (χ0n) is 9.94. The number of rotatable bonds is 2. The molecule has 0 spiro atoms. The largest absolute Gasteiger partial charge is 0.465 e. The molecule has 0 saturated carbocycles. The minimum atomic E-state index is -0.555. The Kier molecular flexibility index (Phi) is 2.93. The van der Waals surface area contributed by atoms with Crippen LogP contribution in [0.5, 0.6) is 0 Å². The number of H-pyrrole nitrogens is 1. The number of carbonyl (C=O) groups excluding carboxylic acids is 2. The van der Waals surface area contributed by atoms with E-state index in [-0.39, 0.29) is 11.4 Å². The van der Waals surface area contributed by atoms with Gasteiger partial charge in [-0.15, -0.1) is 0 Å². The normalized spacial score (nSPS) is 10.3. The molecule has 0 aliphatic rings. The van der Waals surface area contributed by atoms with E-state index in [9.17, 15) is 9.59 Å². The van der Waals surface area contributed by atoms with Crippen molar-refractivity contribution < 1.29 is 19.1 Å². The lowest BCUT2D eigenvalue weighted by atomic mass is 10.1. The van der Waals surface area contributed by atoms with Crippen molar-refractivity contribution in [1.29, 1.82) is 0 Å². The van der Waals surface area contributed by atoms with Gasteiger partial charge in [0.25, 0.3) is 0 Å². The van der Waals surface area contributed by atoms with Gasteiger partial charge >= 0.3 is 11.9 Å². The van der Waals surface area contributed by atoms with Gasteiger partial charge in [0, 0.05) is 10.9 Å². The molecule has 0 atom stereocenters. The Labute approximate surface area is 103 Å². The highest BCUT2D eigenvalue weighted by Gasteiger charge is 2.18. The molecule has 1 aromatic heterocycles. The molecular weight excluding hydrogens is 236 g/mol. The van der Waals surface area contributed by atoms with Crippen molar-refractivity contribution in [2.45, 2.75) is 0 Å². The molecule has 2 rings (SSSR count). The molecule has 1 aromatic carbocycles. The van der Waals surface area contributed by atoms with Gasteiger partial charge in [-0.25, -0.2) is 9.59 Å². The van der Waals surface area contributed by atoms with Crippen LogP contribution in [0.1, 0.15) is 20.7 Å². The summed E-state index contributed by atoms with van der Waals surface area (Å²) < 4.78 is 9.28. The monoisotopic (exact) mass is 248 g/mol. The van der Waals surface area contributed by atoms with Crippen LogP contribution in [0, 0.1) is 0 Å². The summed E-state index contributed by atoms with van der Waals surface area (Å²) in [7, 11) is 2.56. The Morgan fingerprint density at radius 3 is 2.44 bits per heavy atom. The number of methoxy groups -OCH3 is 2. The summed E-state index contributed by atoms with van der Waals surface area (Å²) in [5, 5.41) is 0.530. The second-order valence-corrected chi connectivity index (χ2v) is 3.66.